The van der Waals surface area contributed by atoms with Crippen LogP contribution in [0.15, 0.2) is 42.6 Å². The van der Waals surface area contributed by atoms with Crippen LogP contribution >= 0.6 is 11.6 Å². The molecule has 3 nitrogen and oxygen atoms in total. The standard InChI is InChI=1S/C19H21ClN2O/c1-2-18-12-15(9-10-21-18)19(23)22-11-3-4-16(13-22)14-5-7-17(20)8-6-14/h5-10,12,16H,2-4,11,13H2,1H3/t16-/m1/s1. The molecule has 0 spiro atoms. The van der Waals surface area contributed by atoms with Crippen LogP contribution in [-0.2, 0) is 6.42 Å². The van der Waals surface area contributed by atoms with Crippen LogP contribution in [0.1, 0.15) is 47.3 Å². The monoisotopic (exact) mass is 328 g/mol. The third kappa shape index (κ3) is 3.73. The number of aryl methyl sites for hydroxylation is 1. The zero-order chi connectivity index (χ0) is 16.2. The van der Waals surface area contributed by atoms with Gasteiger partial charge in [-0.15, -0.1) is 0 Å². The molecule has 1 saturated heterocycles. The highest BCUT2D eigenvalue weighted by atomic mass is 35.5. The number of carbonyl (C=O) groups is 1. The molecule has 23 heavy (non-hydrogen) atoms. The molecule has 3 rings (SSSR count). The van der Waals surface area contributed by atoms with Crippen LogP contribution in [0, 0.1) is 0 Å². The predicted octanol–water partition coefficient (Wildman–Crippen LogP) is 4.32. The van der Waals surface area contributed by atoms with E-state index in [1.165, 1.54) is 5.56 Å². The van der Waals surface area contributed by atoms with Crippen molar-refractivity contribution in [2.75, 3.05) is 13.1 Å². The quantitative estimate of drug-likeness (QED) is 0.840. The van der Waals surface area contributed by atoms with Crippen LogP contribution in [-0.4, -0.2) is 28.9 Å². The average molecular weight is 329 g/mol. The van der Waals surface area contributed by atoms with Crippen LogP contribution in [0.2, 0.25) is 5.02 Å². The summed E-state index contributed by atoms with van der Waals surface area (Å²) < 4.78 is 0. The second kappa shape index (κ2) is 7.14. The lowest BCUT2D eigenvalue weighted by molar-refractivity contribution is 0.0707. The van der Waals surface area contributed by atoms with Gasteiger partial charge in [-0.1, -0.05) is 30.7 Å². The Morgan fingerprint density at radius 2 is 2.09 bits per heavy atom. The van der Waals surface area contributed by atoms with Gasteiger partial charge in [0.05, 0.1) is 0 Å². The smallest absolute Gasteiger partial charge is 0.253 e. The van der Waals surface area contributed by atoms with Crippen LogP contribution in [0.4, 0.5) is 0 Å². The van der Waals surface area contributed by atoms with Crippen molar-refractivity contribution >= 4 is 17.5 Å². The first-order valence-corrected chi connectivity index (χ1v) is 8.55. The number of benzene rings is 1. The van der Waals surface area contributed by atoms with E-state index in [0.29, 0.717) is 5.92 Å². The summed E-state index contributed by atoms with van der Waals surface area (Å²) in [5.74, 6) is 0.498. The molecule has 0 unspecified atom stereocenters. The third-order valence-electron chi connectivity index (χ3n) is 4.48. The number of hydrogen-bond donors (Lipinski definition) is 0. The van der Waals surface area contributed by atoms with Crippen molar-refractivity contribution in [2.24, 2.45) is 0 Å². The molecule has 1 amide bonds. The summed E-state index contributed by atoms with van der Waals surface area (Å²) in [5.41, 5.74) is 2.96. The lowest BCUT2D eigenvalue weighted by Crippen LogP contribution is -2.39. The molecule has 0 bridgehead atoms. The van der Waals surface area contributed by atoms with Gasteiger partial charge in [-0.05, 0) is 49.1 Å². The normalized spacial score (nSPS) is 18.0. The van der Waals surface area contributed by atoms with Crippen LogP contribution in [0.25, 0.3) is 0 Å². The van der Waals surface area contributed by atoms with E-state index in [0.717, 1.165) is 48.6 Å². The van der Waals surface area contributed by atoms with Crippen molar-refractivity contribution in [1.82, 2.24) is 9.88 Å². The molecule has 1 aliphatic heterocycles. The highest BCUT2D eigenvalue weighted by Crippen LogP contribution is 2.28. The van der Waals surface area contributed by atoms with E-state index in [4.69, 9.17) is 11.6 Å². The molecule has 1 atom stereocenters. The Hall–Kier alpha value is -1.87. The Kier molecular flexibility index (Phi) is 4.97. The summed E-state index contributed by atoms with van der Waals surface area (Å²) >= 11 is 5.97. The van der Waals surface area contributed by atoms with Gasteiger partial charge in [0, 0.05) is 41.5 Å². The van der Waals surface area contributed by atoms with Gasteiger partial charge in [0.15, 0.2) is 0 Å². The summed E-state index contributed by atoms with van der Waals surface area (Å²) in [7, 11) is 0. The maximum atomic E-state index is 12.8. The first kappa shape index (κ1) is 16.0. The van der Waals surface area contributed by atoms with Gasteiger partial charge >= 0.3 is 0 Å². The first-order valence-electron chi connectivity index (χ1n) is 8.17. The zero-order valence-electron chi connectivity index (χ0n) is 13.3. The van der Waals surface area contributed by atoms with Crippen molar-refractivity contribution in [1.29, 1.82) is 0 Å². The van der Waals surface area contributed by atoms with Crippen molar-refractivity contribution in [3.63, 3.8) is 0 Å². The summed E-state index contributed by atoms with van der Waals surface area (Å²) in [6.45, 7) is 3.64. The number of amides is 1. The lowest BCUT2D eigenvalue weighted by Gasteiger charge is -2.33. The SMILES string of the molecule is CCc1cc(C(=O)N2CCC[C@@H](c3ccc(Cl)cc3)C2)ccn1. The Balaban J connectivity index is 1.75. The van der Waals surface area contributed by atoms with E-state index >= 15 is 0 Å². The minimum absolute atomic E-state index is 0.112. The van der Waals surface area contributed by atoms with E-state index in [1.807, 2.05) is 36.1 Å². The third-order valence-corrected chi connectivity index (χ3v) is 4.73. The maximum Gasteiger partial charge on any atom is 0.253 e. The summed E-state index contributed by atoms with van der Waals surface area (Å²) in [6.07, 6.45) is 4.72. The van der Waals surface area contributed by atoms with Gasteiger partial charge in [-0.25, -0.2) is 0 Å². The zero-order valence-corrected chi connectivity index (χ0v) is 14.1. The molecule has 4 heteroatoms. The summed E-state index contributed by atoms with van der Waals surface area (Å²) in [6, 6.07) is 11.7. The minimum Gasteiger partial charge on any atom is -0.338 e. The Morgan fingerprint density at radius 3 is 2.83 bits per heavy atom. The minimum atomic E-state index is 0.112. The number of likely N-dealkylation sites (tertiary alicyclic amines) is 1. The topological polar surface area (TPSA) is 33.2 Å². The lowest BCUT2D eigenvalue weighted by atomic mass is 9.90. The molecule has 0 saturated carbocycles. The van der Waals surface area contributed by atoms with Gasteiger partial charge in [0.2, 0.25) is 0 Å². The van der Waals surface area contributed by atoms with Gasteiger partial charge < -0.3 is 4.90 Å². The fourth-order valence-electron chi connectivity index (χ4n) is 3.16. The Morgan fingerprint density at radius 1 is 1.30 bits per heavy atom. The number of piperidine rings is 1. The average Bonchev–Trinajstić information content (AvgIpc) is 2.62. The molecule has 120 valence electrons. The van der Waals surface area contributed by atoms with Crippen molar-refractivity contribution in [3.05, 3.63) is 64.4 Å². The number of pyridine rings is 1. The van der Waals surface area contributed by atoms with Crippen molar-refractivity contribution < 1.29 is 4.79 Å². The van der Waals surface area contributed by atoms with Gasteiger partial charge in [0.1, 0.15) is 0 Å². The number of rotatable bonds is 3. The number of carbonyl (C=O) groups excluding carboxylic acids is 1. The summed E-state index contributed by atoms with van der Waals surface area (Å²) in [5, 5.41) is 0.751. The molecule has 1 aliphatic rings. The molecule has 1 aromatic carbocycles. The molecule has 0 radical (unpaired) electrons. The van der Waals surface area contributed by atoms with Crippen molar-refractivity contribution in [2.45, 2.75) is 32.1 Å². The molecule has 0 N–H and O–H groups in total. The molecule has 2 aromatic rings. The highest BCUT2D eigenvalue weighted by molar-refractivity contribution is 6.30. The molecule has 0 aliphatic carbocycles. The number of nitrogens with zero attached hydrogens (tertiary/aromatic N) is 2. The predicted molar refractivity (Wildman–Crippen MR) is 92.9 cm³/mol. The second-order valence-electron chi connectivity index (χ2n) is 6.03. The number of hydrogen-bond acceptors (Lipinski definition) is 2. The van der Waals surface area contributed by atoms with Gasteiger partial charge in [0.25, 0.3) is 5.91 Å². The molecular weight excluding hydrogens is 308 g/mol. The molecule has 1 aromatic heterocycles. The van der Waals surface area contributed by atoms with Gasteiger partial charge in [-0.3, -0.25) is 9.78 Å². The number of halogens is 1. The largest absolute Gasteiger partial charge is 0.338 e. The first-order chi connectivity index (χ1) is 11.2. The van der Waals surface area contributed by atoms with Crippen LogP contribution < -0.4 is 0 Å². The van der Waals surface area contributed by atoms with E-state index < -0.39 is 0 Å². The van der Waals surface area contributed by atoms with Crippen LogP contribution in [0.5, 0.6) is 0 Å². The summed E-state index contributed by atoms with van der Waals surface area (Å²) in [4.78, 5) is 19.0. The Labute approximate surface area is 142 Å². The van der Waals surface area contributed by atoms with Crippen LogP contribution in [0.3, 0.4) is 0 Å². The van der Waals surface area contributed by atoms with Gasteiger partial charge in [-0.2, -0.15) is 0 Å². The number of aromatic nitrogens is 1. The van der Waals surface area contributed by atoms with Crippen molar-refractivity contribution in [3.8, 4) is 0 Å². The second-order valence-corrected chi connectivity index (χ2v) is 6.47. The fourth-order valence-corrected chi connectivity index (χ4v) is 3.28. The molecule has 2 heterocycles. The van der Waals surface area contributed by atoms with E-state index in [2.05, 4.69) is 17.1 Å². The Bertz CT molecular complexity index is 684. The van der Waals surface area contributed by atoms with E-state index in [9.17, 15) is 4.79 Å². The molecular formula is C19H21ClN2O. The van der Waals surface area contributed by atoms with E-state index in [-0.39, 0.29) is 5.91 Å². The maximum absolute atomic E-state index is 12.8. The fraction of sp³-hybridized carbons (Fsp3) is 0.368. The molecule has 1 fully saturated rings. The van der Waals surface area contributed by atoms with E-state index in [1.54, 1.807) is 6.20 Å². The highest BCUT2D eigenvalue weighted by Gasteiger charge is 2.25.